The van der Waals surface area contributed by atoms with Gasteiger partial charge in [0.25, 0.3) is 5.91 Å². The first kappa shape index (κ1) is 21.3. The summed E-state index contributed by atoms with van der Waals surface area (Å²) in [6.07, 6.45) is 0. The highest BCUT2D eigenvalue weighted by Gasteiger charge is 2.14. The van der Waals surface area contributed by atoms with Crippen molar-refractivity contribution in [3.8, 4) is 0 Å². The number of aromatic nitrogens is 2. The molecule has 0 aliphatic rings. The Kier molecular flexibility index (Phi) is 7.62. The Morgan fingerprint density at radius 2 is 1.97 bits per heavy atom. The number of benzene rings is 2. The van der Waals surface area contributed by atoms with Gasteiger partial charge in [-0.2, -0.15) is 0 Å². The van der Waals surface area contributed by atoms with Crippen LogP contribution in [0.15, 0.2) is 48.5 Å². The summed E-state index contributed by atoms with van der Waals surface area (Å²) >= 11 is 8.55. The van der Waals surface area contributed by atoms with E-state index in [1.54, 1.807) is 24.3 Å². The van der Waals surface area contributed by atoms with Crippen LogP contribution in [0.1, 0.15) is 25.9 Å². The number of aryl methyl sites for hydroxylation is 1. The second-order valence-electron chi connectivity index (χ2n) is 6.22. The standard InChI is InChI=1S/C20H19ClN4O2S2/c1-13-4-2-5-14(8-13)10-22-17(26)11-28-12-18-24-25-20(29-18)19(27)23-16-7-3-6-15(21)9-16/h2-9H,10-12H2,1H3,(H,22,26)(H,23,27). The molecule has 0 aliphatic carbocycles. The Labute approximate surface area is 182 Å². The van der Waals surface area contributed by atoms with Crippen LogP contribution in [-0.2, 0) is 17.1 Å². The lowest BCUT2D eigenvalue weighted by Gasteiger charge is -2.05. The maximum atomic E-state index is 12.2. The maximum Gasteiger partial charge on any atom is 0.286 e. The van der Waals surface area contributed by atoms with Gasteiger partial charge < -0.3 is 10.6 Å². The predicted molar refractivity (Wildman–Crippen MR) is 119 cm³/mol. The summed E-state index contributed by atoms with van der Waals surface area (Å²) in [5.41, 5.74) is 2.83. The zero-order valence-electron chi connectivity index (χ0n) is 15.6. The predicted octanol–water partition coefficient (Wildman–Crippen LogP) is 4.30. The van der Waals surface area contributed by atoms with E-state index in [1.807, 2.05) is 31.2 Å². The molecular formula is C20H19ClN4O2S2. The van der Waals surface area contributed by atoms with Crippen LogP contribution in [0.4, 0.5) is 5.69 Å². The number of hydrogen-bond donors (Lipinski definition) is 2. The van der Waals surface area contributed by atoms with E-state index in [0.29, 0.717) is 33.8 Å². The van der Waals surface area contributed by atoms with E-state index in [2.05, 4.69) is 20.8 Å². The van der Waals surface area contributed by atoms with E-state index in [0.717, 1.165) is 11.1 Å². The van der Waals surface area contributed by atoms with Gasteiger partial charge in [-0.05, 0) is 30.7 Å². The van der Waals surface area contributed by atoms with Gasteiger partial charge in [0.15, 0.2) is 0 Å². The van der Waals surface area contributed by atoms with Crippen molar-refractivity contribution in [2.24, 2.45) is 0 Å². The van der Waals surface area contributed by atoms with Crippen LogP contribution in [0.2, 0.25) is 5.02 Å². The summed E-state index contributed by atoms with van der Waals surface area (Å²) in [7, 11) is 0. The molecule has 6 nitrogen and oxygen atoms in total. The van der Waals surface area contributed by atoms with Gasteiger partial charge >= 0.3 is 0 Å². The van der Waals surface area contributed by atoms with Crippen molar-refractivity contribution in [2.45, 2.75) is 19.2 Å². The second-order valence-corrected chi connectivity index (χ2v) is 8.71. The third-order valence-electron chi connectivity index (χ3n) is 3.77. The zero-order valence-corrected chi connectivity index (χ0v) is 18.0. The highest BCUT2D eigenvalue weighted by molar-refractivity contribution is 7.99. The van der Waals surface area contributed by atoms with Gasteiger partial charge in [0.2, 0.25) is 10.9 Å². The fourth-order valence-corrected chi connectivity index (χ4v) is 4.29. The minimum Gasteiger partial charge on any atom is -0.351 e. The highest BCUT2D eigenvalue weighted by Crippen LogP contribution is 2.19. The van der Waals surface area contributed by atoms with Crippen LogP contribution in [0.5, 0.6) is 0 Å². The molecule has 0 unspecified atom stereocenters. The molecule has 0 aliphatic heterocycles. The molecule has 0 atom stereocenters. The van der Waals surface area contributed by atoms with Crippen LogP contribution in [0, 0.1) is 6.92 Å². The quantitative estimate of drug-likeness (QED) is 0.538. The fraction of sp³-hybridized carbons (Fsp3) is 0.200. The molecule has 3 rings (SSSR count). The topological polar surface area (TPSA) is 84.0 Å². The first-order valence-corrected chi connectivity index (χ1v) is 11.1. The minimum absolute atomic E-state index is 0.0417. The molecule has 0 spiro atoms. The van der Waals surface area contributed by atoms with Crippen molar-refractivity contribution in [2.75, 3.05) is 11.1 Å². The summed E-state index contributed by atoms with van der Waals surface area (Å²) in [5.74, 6) is 0.451. The zero-order chi connectivity index (χ0) is 20.6. The van der Waals surface area contributed by atoms with Crippen molar-refractivity contribution >= 4 is 52.2 Å². The van der Waals surface area contributed by atoms with Gasteiger partial charge in [0.05, 0.1) is 5.75 Å². The van der Waals surface area contributed by atoms with Crippen LogP contribution in [-0.4, -0.2) is 27.8 Å². The van der Waals surface area contributed by atoms with E-state index < -0.39 is 0 Å². The molecule has 2 N–H and O–H groups in total. The average Bonchev–Trinajstić information content (AvgIpc) is 3.16. The second kappa shape index (κ2) is 10.4. The van der Waals surface area contributed by atoms with Gasteiger partial charge in [-0.3, -0.25) is 9.59 Å². The number of thioether (sulfide) groups is 1. The lowest BCUT2D eigenvalue weighted by Crippen LogP contribution is -2.24. The molecule has 0 radical (unpaired) electrons. The Bertz CT molecular complexity index is 1010. The highest BCUT2D eigenvalue weighted by atomic mass is 35.5. The summed E-state index contributed by atoms with van der Waals surface area (Å²) in [5, 5.41) is 15.1. The van der Waals surface area contributed by atoms with E-state index in [1.165, 1.54) is 23.1 Å². The van der Waals surface area contributed by atoms with Gasteiger partial charge in [-0.15, -0.1) is 22.0 Å². The molecule has 0 saturated carbocycles. The molecule has 2 amide bonds. The lowest BCUT2D eigenvalue weighted by molar-refractivity contribution is -0.118. The SMILES string of the molecule is Cc1cccc(CNC(=O)CSCc2nnc(C(=O)Nc3cccc(Cl)c3)s2)c1. The van der Waals surface area contributed by atoms with Crippen LogP contribution in [0.25, 0.3) is 0 Å². The largest absolute Gasteiger partial charge is 0.351 e. The molecule has 3 aromatic rings. The van der Waals surface area contributed by atoms with Gasteiger partial charge in [0.1, 0.15) is 5.01 Å². The van der Waals surface area contributed by atoms with Gasteiger partial charge in [-0.1, -0.05) is 58.8 Å². The monoisotopic (exact) mass is 446 g/mol. The van der Waals surface area contributed by atoms with Crippen molar-refractivity contribution in [1.29, 1.82) is 0 Å². The third kappa shape index (κ3) is 6.85. The Balaban J connectivity index is 1.41. The molecule has 2 aromatic carbocycles. The number of anilines is 1. The summed E-state index contributed by atoms with van der Waals surface area (Å²) in [6, 6.07) is 14.9. The summed E-state index contributed by atoms with van der Waals surface area (Å²) < 4.78 is 0. The van der Waals surface area contributed by atoms with Crippen LogP contribution >= 0.6 is 34.7 Å². The number of carbonyl (C=O) groups is 2. The number of amides is 2. The van der Waals surface area contributed by atoms with E-state index in [-0.39, 0.29) is 16.8 Å². The van der Waals surface area contributed by atoms with Crippen molar-refractivity contribution in [1.82, 2.24) is 15.5 Å². The van der Waals surface area contributed by atoms with Crippen LogP contribution in [0.3, 0.4) is 0 Å². The first-order valence-electron chi connectivity index (χ1n) is 8.79. The molecule has 1 aromatic heterocycles. The summed E-state index contributed by atoms with van der Waals surface area (Å²) in [6.45, 7) is 2.53. The molecule has 150 valence electrons. The van der Waals surface area contributed by atoms with Crippen molar-refractivity contribution in [3.05, 3.63) is 74.7 Å². The molecule has 0 saturated heterocycles. The summed E-state index contributed by atoms with van der Waals surface area (Å²) in [4.78, 5) is 24.2. The molecule has 9 heteroatoms. The molecule has 0 bridgehead atoms. The molecule has 0 fully saturated rings. The Morgan fingerprint density at radius 3 is 2.76 bits per heavy atom. The van der Waals surface area contributed by atoms with Gasteiger partial charge in [-0.25, -0.2) is 0 Å². The number of nitrogens with one attached hydrogen (secondary N) is 2. The van der Waals surface area contributed by atoms with E-state index in [4.69, 9.17) is 11.6 Å². The Hall–Kier alpha value is -2.42. The molecule has 1 heterocycles. The average molecular weight is 447 g/mol. The van der Waals surface area contributed by atoms with E-state index >= 15 is 0 Å². The van der Waals surface area contributed by atoms with Crippen LogP contribution < -0.4 is 10.6 Å². The Morgan fingerprint density at radius 1 is 1.14 bits per heavy atom. The number of carbonyl (C=O) groups excluding carboxylic acids is 2. The van der Waals surface area contributed by atoms with Crippen molar-refractivity contribution < 1.29 is 9.59 Å². The number of halogens is 1. The lowest BCUT2D eigenvalue weighted by atomic mass is 10.1. The fourth-order valence-electron chi connectivity index (χ4n) is 2.46. The number of rotatable bonds is 8. The van der Waals surface area contributed by atoms with Gasteiger partial charge in [0, 0.05) is 23.0 Å². The maximum absolute atomic E-state index is 12.2. The number of hydrogen-bond acceptors (Lipinski definition) is 6. The minimum atomic E-state index is -0.336. The molecular weight excluding hydrogens is 428 g/mol. The van der Waals surface area contributed by atoms with E-state index in [9.17, 15) is 9.59 Å². The first-order chi connectivity index (χ1) is 14.0. The normalized spacial score (nSPS) is 10.6. The third-order valence-corrected chi connectivity index (χ3v) is 6.06. The molecule has 29 heavy (non-hydrogen) atoms. The van der Waals surface area contributed by atoms with Crippen molar-refractivity contribution in [3.63, 3.8) is 0 Å². The smallest absolute Gasteiger partial charge is 0.286 e. The number of nitrogens with zero attached hydrogens (tertiary/aromatic N) is 2.